The van der Waals surface area contributed by atoms with E-state index in [4.69, 9.17) is 10.5 Å². The van der Waals surface area contributed by atoms with Gasteiger partial charge in [-0.15, -0.1) is 0 Å². The fraction of sp³-hybridized carbons (Fsp3) is 0.727. The first kappa shape index (κ1) is 12.0. The molecule has 0 aromatic carbocycles. The van der Waals surface area contributed by atoms with Crippen LogP contribution >= 0.6 is 0 Å². The van der Waals surface area contributed by atoms with Crippen molar-refractivity contribution in [3.63, 3.8) is 0 Å². The Labute approximate surface area is 91.4 Å². The Hall–Kier alpha value is -1.03. The van der Waals surface area contributed by atoms with Crippen molar-refractivity contribution in [1.29, 1.82) is 0 Å². The zero-order valence-electron chi connectivity index (χ0n) is 10.2. The predicted octanol–water partition coefficient (Wildman–Crippen LogP) is 2.05. The van der Waals surface area contributed by atoms with Crippen molar-refractivity contribution in [3.8, 4) is 5.88 Å². The molecule has 0 unspecified atom stereocenters. The second-order valence-corrected chi connectivity index (χ2v) is 4.27. The largest absolute Gasteiger partial charge is 0.481 e. The minimum atomic E-state index is 0.290. The average Bonchev–Trinajstić information content (AvgIpc) is 2.55. The molecule has 0 saturated carbocycles. The number of rotatable bonds is 4. The zero-order chi connectivity index (χ0) is 11.6. The van der Waals surface area contributed by atoms with Crippen LogP contribution in [-0.4, -0.2) is 16.9 Å². The van der Waals surface area contributed by atoms with Crippen LogP contribution in [-0.2, 0) is 6.54 Å². The van der Waals surface area contributed by atoms with Gasteiger partial charge in [-0.3, -0.25) is 0 Å². The number of aromatic nitrogens is 2. The van der Waals surface area contributed by atoms with Crippen LogP contribution in [0.1, 0.15) is 50.9 Å². The van der Waals surface area contributed by atoms with Crippen LogP contribution < -0.4 is 10.5 Å². The molecule has 0 radical (unpaired) electrons. The van der Waals surface area contributed by atoms with Crippen molar-refractivity contribution in [2.75, 3.05) is 7.11 Å². The molecule has 0 fully saturated rings. The molecule has 0 aliphatic heterocycles. The van der Waals surface area contributed by atoms with E-state index in [1.165, 1.54) is 0 Å². The Kier molecular flexibility index (Phi) is 3.74. The van der Waals surface area contributed by atoms with Crippen molar-refractivity contribution in [2.45, 2.75) is 46.2 Å². The summed E-state index contributed by atoms with van der Waals surface area (Å²) in [7, 11) is 1.67. The molecule has 0 saturated heterocycles. The van der Waals surface area contributed by atoms with E-state index in [2.05, 4.69) is 32.8 Å². The Balaban J connectivity index is 3.31. The third-order valence-corrected chi connectivity index (χ3v) is 2.42. The standard InChI is InChI=1S/C11H21N3O/c1-7(2)10-9(6-12)11(15-5)14(13-10)8(3)4/h7-8H,6,12H2,1-5H3. The van der Waals surface area contributed by atoms with Crippen molar-refractivity contribution >= 4 is 0 Å². The zero-order valence-corrected chi connectivity index (χ0v) is 10.2. The molecule has 1 aromatic rings. The van der Waals surface area contributed by atoms with Crippen molar-refractivity contribution in [2.24, 2.45) is 5.73 Å². The summed E-state index contributed by atoms with van der Waals surface area (Å²) in [5.41, 5.74) is 7.82. The van der Waals surface area contributed by atoms with Gasteiger partial charge in [0, 0.05) is 6.54 Å². The highest BCUT2D eigenvalue weighted by molar-refractivity contribution is 5.33. The molecule has 4 nitrogen and oxygen atoms in total. The minimum Gasteiger partial charge on any atom is -0.481 e. The maximum Gasteiger partial charge on any atom is 0.216 e. The van der Waals surface area contributed by atoms with E-state index in [-0.39, 0.29) is 6.04 Å². The lowest BCUT2D eigenvalue weighted by molar-refractivity contribution is 0.342. The van der Waals surface area contributed by atoms with E-state index in [0.717, 1.165) is 17.1 Å². The number of nitrogens with zero attached hydrogens (tertiary/aromatic N) is 2. The minimum absolute atomic E-state index is 0.290. The molecule has 1 aromatic heterocycles. The number of methoxy groups -OCH3 is 1. The van der Waals surface area contributed by atoms with Gasteiger partial charge in [0.25, 0.3) is 0 Å². The Morgan fingerprint density at radius 3 is 2.27 bits per heavy atom. The fourth-order valence-electron chi connectivity index (χ4n) is 1.69. The van der Waals surface area contributed by atoms with Gasteiger partial charge in [0.15, 0.2) is 0 Å². The van der Waals surface area contributed by atoms with Crippen LogP contribution in [0.4, 0.5) is 0 Å². The first-order valence-corrected chi connectivity index (χ1v) is 5.38. The quantitative estimate of drug-likeness (QED) is 0.829. The molecule has 86 valence electrons. The van der Waals surface area contributed by atoms with Gasteiger partial charge < -0.3 is 10.5 Å². The summed E-state index contributed by atoms with van der Waals surface area (Å²) in [6.45, 7) is 8.88. The summed E-state index contributed by atoms with van der Waals surface area (Å²) in [6, 6.07) is 0.290. The third-order valence-electron chi connectivity index (χ3n) is 2.42. The van der Waals surface area contributed by atoms with Gasteiger partial charge in [-0.1, -0.05) is 13.8 Å². The monoisotopic (exact) mass is 211 g/mol. The van der Waals surface area contributed by atoms with Crippen molar-refractivity contribution in [1.82, 2.24) is 9.78 Å². The van der Waals surface area contributed by atoms with E-state index >= 15 is 0 Å². The maximum atomic E-state index is 5.74. The SMILES string of the molecule is COc1c(CN)c(C(C)C)nn1C(C)C. The summed E-state index contributed by atoms with van der Waals surface area (Å²) in [4.78, 5) is 0. The van der Waals surface area contributed by atoms with Crippen LogP contribution in [0.3, 0.4) is 0 Å². The lowest BCUT2D eigenvalue weighted by Gasteiger charge is -2.09. The average molecular weight is 211 g/mol. The van der Waals surface area contributed by atoms with Gasteiger partial charge >= 0.3 is 0 Å². The van der Waals surface area contributed by atoms with E-state index < -0.39 is 0 Å². The molecular weight excluding hydrogens is 190 g/mol. The van der Waals surface area contributed by atoms with E-state index in [1.807, 2.05) is 4.68 Å². The number of nitrogens with two attached hydrogens (primary N) is 1. The van der Waals surface area contributed by atoms with Crippen LogP contribution in [0.2, 0.25) is 0 Å². The van der Waals surface area contributed by atoms with Gasteiger partial charge in [-0.05, 0) is 19.8 Å². The van der Waals surface area contributed by atoms with Crippen molar-refractivity contribution in [3.05, 3.63) is 11.3 Å². The van der Waals surface area contributed by atoms with Gasteiger partial charge in [0.1, 0.15) is 0 Å². The molecule has 15 heavy (non-hydrogen) atoms. The first-order chi connectivity index (χ1) is 7.02. The predicted molar refractivity (Wildman–Crippen MR) is 61.1 cm³/mol. The second-order valence-electron chi connectivity index (χ2n) is 4.27. The number of ether oxygens (including phenoxy) is 1. The highest BCUT2D eigenvalue weighted by Crippen LogP contribution is 2.29. The summed E-state index contributed by atoms with van der Waals surface area (Å²) >= 11 is 0. The summed E-state index contributed by atoms with van der Waals surface area (Å²) in [5.74, 6) is 1.17. The Morgan fingerprint density at radius 2 is 1.93 bits per heavy atom. The molecule has 2 N–H and O–H groups in total. The molecule has 0 spiro atoms. The van der Waals surface area contributed by atoms with Crippen LogP contribution in [0, 0.1) is 0 Å². The maximum absolute atomic E-state index is 5.74. The normalized spacial score (nSPS) is 11.5. The molecule has 0 aliphatic rings. The Bertz CT molecular complexity index is 298. The first-order valence-electron chi connectivity index (χ1n) is 5.38. The van der Waals surface area contributed by atoms with Gasteiger partial charge in [0.2, 0.25) is 5.88 Å². The number of hydrogen-bond donors (Lipinski definition) is 1. The highest BCUT2D eigenvalue weighted by Gasteiger charge is 2.20. The molecule has 4 heteroatoms. The van der Waals surface area contributed by atoms with E-state index in [1.54, 1.807) is 7.11 Å². The molecule has 0 bridgehead atoms. The molecule has 1 rings (SSSR count). The molecule has 1 heterocycles. The lowest BCUT2D eigenvalue weighted by atomic mass is 10.1. The van der Waals surface area contributed by atoms with Crippen LogP contribution in [0.5, 0.6) is 5.88 Å². The summed E-state index contributed by atoms with van der Waals surface area (Å²) in [5, 5.41) is 4.56. The van der Waals surface area contributed by atoms with Crippen LogP contribution in [0.25, 0.3) is 0 Å². The fourth-order valence-corrected chi connectivity index (χ4v) is 1.69. The van der Waals surface area contributed by atoms with Gasteiger partial charge in [-0.2, -0.15) is 5.10 Å². The topological polar surface area (TPSA) is 53.1 Å². The van der Waals surface area contributed by atoms with E-state index in [0.29, 0.717) is 12.5 Å². The third kappa shape index (κ3) is 2.15. The second kappa shape index (κ2) is 4.66. The molecule has 0 atom stereocenters. The van der Waals surface area contributed by atoms with Crippen molar-refractivity contribution < 1.29 is 4.74 Å². The van der Waals surface area contributed by atoms with E-state index in [9.17, 15) is 0 Å². The molecular formula is C11H21N3O. The van der Waals surface area contributed by atoms with Crippen LogP contribution in [0.15, 0.2) is 0 Å². The lowest BCUT2D eigenvalue weighted by Crippen LogP contribution is -2.06. The highest BCUT2D eigenvalue weighted by atomic mass is 16.5. The Morgan fingerprint density at radius 1 is 1.33 bits per heavy atom. The molecule has 0 aliphatic carbocycles. The van der Waals surface area contributed by atoms with Gasteiger partial charge in [-0.25, -0.2) is 4.68 Å². The molecule has 0 amide bonds. The smallest absolute Gasteiger partial charge is 0.216 e. The van der Waals surface area contributed by atoms with Gasteiger partial charge in [0.05, 0.1) is 24.4 Å². The summed E-state index contributed by atoms with van der Waals surface area (Å²) in [6.07, 6.45) is 0. The summed E-state index contributed by atoms with van der Waals surface area (Å²) < 4.78 is 7.28. The number of hydrogen-bond acceptors (Lipinski definition) is 3.